The second kappa shape index (κ2) is 4.65. The molecule has 0 aliphatic rings. The Balaban J connectivity index is 2.71. The van der Waals surface area contributed by atoms with Crippen LogP contribution in [0.25, 0.3) is 0 Å². The molecular formula is C9H14ClNO2. The molecule has 0 amide bonds. The lowest BCUT2D eigenvalue weighted by atomic mass is 9.98. The van der Waals surface area contributed by atoms with Gasteiger partial charge in [0.25, 0.3) is 0 Å². The van der Waals surface area contributed by atoms with Gasteiger partial charge in [-0.05, 0) is 36.7 Å². The van der Waals surface area contributed by atoms with Crippen molar-refractivity contribution >= 4 is 11.6 Å². The maximum atomic E-state index is 9.76. The van der Waals surface area contributed by atoms with Gasteiger partial charge in [-0.3, -0.25) is 0 Å². The molecule has 13 heavy (non-hydrogen) atoms. The highest BCUT2D eigenvalue weighted by atomic mass is 35.5. The van der Waals surface area contributed by atoms with Gasteiger partial charge in [0.05, 0.1) is 0 Å². The third-order valence-corrected chi connectivity index (χ3v) is 2.36. The molecule has 2 atom stereocenters. The minimum absolute atomic E-state index is 0.0298. The first-order chi connectivity index (χ1) is 6.19. The number of aliphatic hydroxyl groups excluding tert-OH is 1. The van der Waals surface area contributed by atoms with Gasteiger partial charge in [-0.1, -0.05) is 6.92 Å². The Morgan fingerprint density at radius 2 is 2.31 bits per heavy atom. The summed E-state index contributed by atoms with van der Waals surface area (Å²) in [7, 11) is 0. The summed E-state index contributed by atoms with van der Waals surface area (Å²) in [6.45, 7) is 2.42. The van der Waals surface area contributed by atoms with Crippen molar-refractivity contribution in [3.63, 3.8) is 0 Å². The molecule has 2 unspecified atom stereocenters. The first-order valence-corrected chi connectivity index (χ1v) is 4.70. The normalized spacial score (nSPS) is 15.7. The van der Waals surface area contributed by atoms with Crippen LogP contribution in [0.15, 0.2) is 16.5 Å². The Morgan fingerprint density at radius 3 is 2.69 bits per heavy atom. The first-order valence-electron chi connectivity index (χ1n) is 4.32. The van der Waals surface area contributed by atoms with Crippen molar-refractivity contribution in [2.75, 3.05) is 6.54 Å². The number of rotatable bonds is 4. The van der Waals surface area contributed by atoms with Crippen LogP contribution in [-0.4, -0.2) is 11.7 Å². The van der Waals surface area contributed by atoms with Crippen molar-refractivity contribution in [1.82, 2.24) is 0 Å². The van der Waals surface area contributed by atoms with Gasteiger partial charge in [-0.25, -0.2) is 0 Å². The van der Waals surface area contributed by atoms with Crippen LogP contribution in [-0.2, 0) is 0 Å². The van der Waals surface area contributed by atoms with Gasteiger partial charge in [0, 0.05) is 5.92 Å². The second-order valence-corrected chi connectivity index (χ2v) is 3.36. The fourth-order valence-corrected chi connectivity index (χ4v) is 1.39. The van der Waals surface area contributed by atoms with Crippen molar-refractivity contribution in [3.05, 3.63) is 23.1 Å². The van der Waals surface area contributed by atoms with E-state index in [0.29, 0.717) is 17.5 Å². The van der Waals surface area contributed by atoms with Crippen molar-refractivity contribution in [2.45, 2.75) is 19.4 Å². The molecule has 3 nitrogen and oxygen atoms in total. The van der Waals surface area contributed by atoms with Crippen molar-refractivity contribution in [2.24, 2.45) is 11.7 Å². The number of halogens is 1. The maximum absolute atomic E-state index is 9.76. The minimum atomic E-state index is -0.650. The lowest BCUT2D eigenvalue weighted by Gasteiger charge is -2.17. The van der Waals surface area contributed by atoms with E-state index in [1.165, 1.54) is 0 Å². The molecule has 1 heterocycles. The Morgan fingerprint density at radius 1 is 1.62 bits per heavy atom. The number of furan rings is 1. The summed E-state index contributed by atoms with van der Waals surface area (Å²) in [4.78, 5) is 0. The zero-order chi connectivity index (χ0) is 9.84. The maximum Gasteiger partial charge on any atom is 0.193 e. The largest absolute Gasteiger partial charge is 0.447 e. The van der Waals surface area contributed by atoms with Crippen molar-refractivity contribution < 1.29 is 9.52 Å². The van der Waals surface area contributed by atoms with Crippen LogP contribution in [0, 0.1) is 5.92 Å². The highest BCUT2D eigenvalue weighted by Gasteiger charge is 2.20. The van der Waals surface area contributed by atoms with E-state index in [9.17, 15) is 5.11 Å². The topological polar surface area (TPSA) is 59.4 Å². The second-order valence-electron chi connectivity index (χ2n) is 2.99. The molecule has 1 aromatic heterocycles. The third kappa shape index (κ3) is 2.46. The van der Waals surface area contributed by atoms with Gasteiger partial charge in [0.15, 0.2) is 5.22 Å². The van der Waals surface area contributed by atoms with Gasteiger partial charge >= 0.3 is 0 Å². The Bertz CT molecular complexity index is 258. The fraction of sp³-hybridized carbons (Fsp3) is 0.556. The van der Waals surface area contributed by atoms with Crippen molar-refractivity contribution in [1.29, 1.82) is 0 Å². The molecule has 74 valence electrons. The predicted molar refractivity (Wildman–Crippen MR) is 51.5 cm³/mol. The predicted octanol–water partition coefficient (Wildman–Crippen LogP) is 1.95. The third-order valence-electron chi connectivity index (χ3n) is 2.16. The van der Waals surface area contributed by atoms with Crippen LogP contribution < -0.4 is 5.73 Å². The molecular weight excluding hydrogens is 190 g/mol. The summed E-state index contributed by atoms with van der Waals surface area (Å²) in [5, 5.41) is 10.1. The molecule has 0 fully saturated rings. The van der Waals surface area contributed by atoms with Crippen LogP contribution in [0.4, 0.5) is 0 Å². The standard InChI is InChI=1S/C9H14ClNO2/c1-2-6(5-11)9(12)7-3-4-8(10)13-7/h3-4,6,9,12H,2,5,11H2,1H3. The summed E-state index contributed by atoms with van der Waals surface area (Å²) in [5.74, 6) is 0.518. The minimum Gasteiger partial charge on any atom is -0.447 e. The Hall–Kier alpha value is -0.510. The highest BCUT2D eigenvalue weighted by Crippen LogP contribution is 2.26. The number of hydrogen-bond acceptors (Lipinski definition) is 3. The quantitative estimate of drug-likeness (QED) is 0.787. The average molecular weight is 204 g/mol. The lowest BCUT2D eigenvalue weighted by molar-refractivity contribution is 0.0875. The SMILES string of the molecule is CCC(CN)C(O)c1ccc(Cl)o1. The Kier molecular flexibility index (Phi) is 3.78. The van der Waals surface area contributed by atoms with E-state index < -0.39 is 6.10 Å². The molecule has 4 heteroatoms. The smallest absolute Gasteiger partial charge is 0.193 e. The van der Waals surface area contributed by atoms with Gasteiger partial charge in [0.1, 0.15) is 11.9 Å². The molecule has 0 spiro atoms. The molecule has 0 aliphatic carbocycles. The lowest BCUT2D eigenvalue weighted by Crippen LogP contribution is -2.20. The summed E-state index contributed by atoms with van der Waals surface area (Å²) in [6.07, 6.45) is 0.165. The molecule has 1 aromatic rings. The molecule has 1 rings (SSSR count). The van der Waals surface area contributed by atoms with Crippen molar-refractivity contribution in [3.8, 4) is 0 Å². The zero-order valence-electron chi connectivity index (χ0n) is 7.53. The number of nitrogens with two attached hydrogens (primary N) is 1. The average Bonchev–Trinajstić information content (AvgIpc) is 2.54. The molecule has 0 aromatic carbocycles. The van der Waals surface area contributed by atoms with Gasteiger partial charge in [0.2, 0.25) is 0 Å². The van der Waals surface area contributed by atoms with E-state index >= 15 is 0 Å². The van der Waals surface area contributed by atoms with E-state index in [4.69, 9.17) is 21.8 Å². The fourth-order valence-electron chi connectivity index (χ4n) is 1.24. The molecule has 0 aliphatic heterocycles. The summed E-state index contributed by atoms with van der Waals surface area (Å²) in [6, 6.07) is 3.29. The Labute approximate surface area is 82.5 Å². The van der Waals surface area contributed by atoms with E-state index in [2.05, 4.69) is 0 Å². The first kappa shape index (κ1) is 10.6. The number of aliphatic hydroxyl groups is 1. The van der Waals surface area contributed by atoms with E-state index in [-0.39, 0.29) is 5.92 Å². The molecule has 0 saturated carbocycles. The molecule has 0 bridgehead atoms. The summed E-state index contributed by atoms with van der Waals surface area (Å²) >= 11 is 5.59. The van der Waals surface area contributed by atoms with Crippen LogP contribution in [0.3, 0.4) is 0 Å². The summed E-state index contributed by atoms with van der Waals surface area (Å²) in [5.41, 5.74) is 5.49. The highest BCUT2D eigenvalue weighted by molar-refractivity contribution is 6.28. The molecule has 0 radical (unpaired) electrons. The van der Waals surface area contributed by atoms with Crippen LogP contribution in [0.5, 0.6) is 0 Å². The monoisotopic (exact) mass is 203 g/mol. The number of hydrogen-bond donors (Lipinski definition) is 2. The van der Waals surface area contributed by atoms with E-state index in [1.807, 2.05) is 6.92 Å². The van der Waals surface area contributed by atoms with Gasteiger partial charge in [-0.2, -0.15) is 0 Å². The molecule has 0 saturated heterocycles. The zero-order valence-corrected chi connectivity index (χ0v) is 8.29. The molecule has 3 N–H and O–H groups in total. The van der Waals surface area contributed by atoms with E-state index in [1.54, 1.807) is 12.1 Å². The van der Waals surface area contributed by atoms with Crippen LogP contribution in [0.1, 0.15) is 25.2 Å². The summed E-state index contributed by atoms with van der Waals surface area (Å²) < 4.78 is 5.09. The van der Waals surface area contributed by atoms with E-state index in [0.717, 1.165) is 6.42 Å². The van der Waals surface area contributed by atoms with Gasteiger partial charge < -0.3 is 15.3 Å². The van der Waals surface area contributed by atoms with Crippen LogP contribution in [0.2, 0.25) is 5.22 Å². The van der Waals surface area contributed by atoms with Gasteiger partial charge in [-0.15, -0.1) is 0 Å². The van der Waals surface area contributed by atoms with Crippen LogP contribution >= 0.6 is 11.6 Å².